The molecule has 4 rings (SSSR count). The summed E-state index contributed by atoms with van der Waals surface area (Å²) in [4.78, 5) is 40.8. The minimum absolute atomic E-state index is 0.00359. The topological polar surface area (TPSA) is 82.9 Å². The van der Waals surface area contributed by atoms with Gasteiger partial charge in [-0.15, -0.1) is 0 Å². The molecule has 0 atom stereocenters. The molecule has 1 aromatic heterocycles. The molecule has 0 spiro atoms. The largest absolute Gasteiger partial charge is 0.472 e. The van der Waals surface area contributed by atoms with Crippen LogP contribution in [-0.4, -0.2) is 59.7 Å². The Bertz CT molecular complexity index is 979. The van der Waals surface area contributed by atoms with Gasteiger partial charge in [-0.3, -0.25) is 14.4 Å². The number of carbonyl (C=O) groups excluding carboxylic acids is 3. The molecule has 2 saturated heterocycles. The van der Waals surface area contributed by atoms with Gasteiger partial charge in [0.15, 0.2) is 0 Å². The van der Waals surface area contributed by atoms with Crippen LogP contribution in [0.15, 0.2) is 41.2 Å². The van der Waals surface area contributed by atoms with Crippen LogP contribution in [0, 0.1) is 17.6 Å². The number of piperidine rings is 2. The van der Waals surface area contributed by atoms with Gasteiger partial charge < -0.3 is 19.5 Å². The summed E-state index contributed by atoms with van der Waals surface area (Å²) in [6.45, 7) is 1.80. The SMILES string of the molecule is O=C(NC1CCN(C(=O)c2ccoc2)CC1)C1CCN(C(=O)c2ccc(F)cc2F)CC1. The van der Waals surface area contributed by atoms with Gasteiger partial charge >= 0.3 is 0 Å². The highest BCUT2D eigenvalue weighted by atomic mass is 19.1. The van der Waals surface area contributed by atoms with Crippen LogP contribution in [0.3, 0.4) is 0 Å². The molecular weight excluding hydrogens is 420 g/mol. The molecule has 170 valence electrons. The summed E-state index contributed by atoms with van der Waals surface area (Å²) in [6.07, 6.45) is 5.22. The summed E-state index contributed by atoms with van der Waals surface area (Å²) in [5.41, 5.74) is 0.361. The second-order valence-corrected chi connectivity index (χ2v) is 8.28. The highest BCUT2D eigenvalue weighted by Gasteiger charge is 2.31. The van der Waals surface area contributed by atoms with Crippen LogP contribution < -0.4 is 5.32 Å². The Labute approximate surface area is 184 Å². The van der Waals surface area contributed by atoms with Crippen molar-refractivity contribution < 1.29 is 27.6 Å². The first-order valence-corrected chi connectivity index (χ1v) is 10.8. The molecule has 3 heterocycles. The van der Waals surface area contributed by atoms with Crippen LogP contribution in [0.1, 0.15) is 46.4 Å². The number of carbonyl (C=O) groups is 3. The molecule has 1 aromatic carbocycles. The van der Waals surface area contributed by atoms with Gasteiger partial charge in [0.1, 0.15) is 17.9 Å². The molecule has 0 aliphatic carbocycles. The fourth-order valence-corrected chi connectivity index (χ4v) is 4.29. The number of furan rings is 1. The molecule has 2 aromatic rings. The summed E-state index contributed by atoms with van der Waals surface area (Å²) in [6, 6.07) is 4.54. The first kappa shape index (κ1) is 22.0. The number of rotatable bonds is 4. The van der Waals surface area contributed by atoms with E-state index < -0.39 is 17.5 Å². The summed E-state index contributed by atoms with van der Waals surface area (Å²) in [7, 11) is 0. The van der Waals surface area contributed by atoms with Gasteiger partial charge in [0.05, 0.1) is 17.4 Å². The normalized spacial score (nSPS) is 17.9. The number of amides is 3. The van der Waals surface area contributed by atoms with E-state index in [9.17, 15) is 23.2 Å². The lowest BCUT2D eigenvalue weighted by Gasteiger charge is -2.35. The second-order valence-electron chi connectivity index (χ2n) is 8.28. The molecule has 7 nitrogen and oxygen atoms in total. The Hall–Kier alpha value is -3.23. The molecule has 32 heavy (non-hydrogen) atoms. The van der Waals surface area contributed by atoms with Gasteiger partial charge in [0.25, 0.3) is 11.8 Å². The maximum Gasteiger partial charge on any atom is 0.257 e. The monoisotopic (exact) mass is 445 g/mol. The Kier molecular flexibility index (Phi) is 6.53. The third kappa shape index (κ3) is 4.81. The van der Waals surface area contributed by atoms with E-state index >= 15 is 0 Å². The molecule has 0 unspecified atom stereocenters. The van der Waals surface area contributed by atoms with Crippen molar-refractivity contribution in [1.29, 1.82) is 0 Å². The van der Waals surface area contributed by atoms with E-state index in [4.69, 9.17) is 4.42 Å². The third-order valence-electron chi connectivity index (χ3n) is 6.21. The zero-order chi connectivity index (χ0) is 22.7. The predicted octanol–water partition coefficient (Wildman–Crippen LogP) is 2.83. The van der Waals surface area contributed by atoms with Crippen molar-refractivity contribution in [2.75, 3.05) is 26.2 Å². The van der Waals surface area contributed by atoms with Crippen molar-refractivity contribution in [3.63, 3.8) is 0 Å². The van der Waals surface area contributed by atoms with Gasteiger partial charge in [-0.05, 0) is 43.9 Å². The number of nitrogens with zero attached hydrogens (tertiary/aromatic N) is 2. The van der Waals surface area contributed by atoms with E-state index in [0.29, 0.717) is 63.5 Å². The molecule has 0 radical (unpaired) electrons. The van der Waals surface area contributed by atoms with E-state index in [1.54, 1.807) is 11.0 Å². The summed E-state index contributed by atoms with van der Waals surface area (Å²) in [5.74, 6) is -2.44. The smallest absolute Gasteiger partial charge is 0.257 e. The molecular formula is C23H25F2N3O4. The van der Waals surface area contributed by atoms with Crippen molar-refractivity contribution in [2.24, 2.45) is 5.92 Å². The number of halogens is 2. The van der Waals surface area contributed by atoms with Crippen molar-refractivity contribution in [2.45, 2.75) is 31.7 Å². The van der Waals surface area contributed by atoms with Gasteiger partial charge in [-0.1, -0.05) is 0 Å². The number of likely N-dealkylation sites (tertiary alicyclic amines) is 2. The average Bonchev–Trinajstić information content (AvgIpc) is 3.34. The number of hydrogen-bond donors (Lipinski definition) is 1. The van der Waals surface area contributed by atoms with Crippen molar-refractivity contribution >= 4 is 17.7 Å². The Balaban J connectivity index is 1.23. The van der Waals surface area contributed by atoms with Gasteiger partial charge in [-0.2, -0.15) is 0 Å². The van der Waals surface area contributed by atoms with E-state index in [-0.39, 0.29) is 29.3 Å². The molecule has 2 fully saturated rings. The van der Waals surface area contributed by atoms with Crippen molar-refractivity contribution in [3.05, 3.63) is 59.6 Å². The maximum atomic E-state index is 13.9. The van der Waals surface area contributed by atoms with Crippen LogP contribution in [0.2, 0.25) is 0 Å². The first-order chi connectivity index (χ1) is 15.4. The summed E-state index contributed by atoms with van der Waals surface area (Å²) >= 11 is 0. The molecule has 0 saturated carbocycles. The third-order valence-corrected chi connectivity index (χ3v) is 6.21. The standard InChI is InChI=1S/C23H25F2N3O4/c24-17-1-2-19(20(25)13-17)23(31)28-8-3-15(4-9-28)21(29)26-18-5-10-27(11-6-18)22(30)16-7-12-32-14-16/h1-2,7,12-15,18H,3-6,8-11H2,(H,26,29). The van der Waals surface area contributed by atoms with E-state index in [1.807, 2.05) is 0 Å². The minimum Gasteiger partial charge on any atom is -0.472 e. The lowest BCUT2D eigenvalue weighted by molar-refractivity contribution is -0.127. The number of nitrogens with one attached hydrogen (secondary N) is 1. The Morgan fingerprint density at radius 2 is 1.56 bits per heavy atom. The zero-order valence-corrected chi connectivity index (χ0v) is 17.6. The Morgan fingerprint density at radius 1 is 0.906 bits per heavy atom. The molecule has 2 aliphatic rings. The van der Waals surface area contributed by atoms with Crippen LogP contribution in [0.5, 0.6) is 0 Å². The minimum atomic E-state index is -0.882. The highest BCUT2D eigenvalue weighted by Crippen LogP contribution is 2.22. The van der Waals surface area contributed by atoms with Crippen LogP contribution in [0.4, 0.5) is 8.78 Å². The lowest BCUT2D eigenvalue weighted by atomic mass is 9.94. The van der Waals surface area contributed by atoms with Gasteiger partial charge in [0, 0.05) is 44.2 Å². The molecule has 3 amide bonds. The molecule has 1 N–H and O–H groups in total. The maximum absolute atomic E-state index is 13.9. The second kappa shape index (κ2) is 9.50. The fraction of sp³-hybridized carbons (Fsp3) is 0.435. The van der Waals surface area contributed by atoms with Crippen molar-refractivity contribution in [3.8, 4) is 0 Å². The van der Waals surface area contributed by atoms with E-state index in [2.05, 4.69) is 5.32 Å². The number of hydrogen-bond acceptors (Lipinski definition) is 4. The Morgan fingerprint density at radius 3 is 2.19 bits per heavy atom. The van der Waals surface area contributed by atoms with Crippen molar-refractivity contribution in [1.82, 2.24) is 15.1 Å². The quantitative estimate of drug-likeness (QED) is 0.785. The predicted molar refractivity (Wildman–Crippen MR) is 111 cm³/mol. The van der Waals surface area contributed by atoms with Crippen LogP contribution in [-0.2, 0) is 4.79 Å². The van der Waals surface area contributed by atoms with Gasteiger partial charge in [-0.25, -0.2) is 8.78 Å². The van der Waals surface area contributed by atoms with E-state index in [1.165, 1.54) is 17.4 Å². The van der Waals surface area contributed by atoms with E-state index in [0.717, 1.165) is 12.1 Å². The molecule has 9 heteroatoms. The summed E-state index contributed by atoms with van der Waals surface area (Å²) < 4.78 is 31.9. The lowest BCUT2D eigenvalue weighted by Crippen LogP contribution is -2.49. The average molecular weight is 445 g/mol. The molecule has 0 bridgehead atoms. The summed E-state index contributed by atoms with van der Waals surface area (Å²) in [5, 5.41) is 3.07. The zero-order valence-electron chi connectivity index (χ0n) is 17.6. The van der Waals surface area contributed by atoms with Gasteiger partial charge in [0.2, 0.25) is 5.91 Å². The first-order valence-electron chi connectivity index (χ1n) is 10.8. The molecule has 2 aliphatic heterocycles. The van der Waals surface area contributed by atoms with Crippen LogP contribution >= 0.6 is 0 Å². The highest BCUT2D eigenvalue weighted by molar-refractivity contribution is 5.95. The fourth-order valence-electron chi connectivity index (χ4n) is 4.29. The van der Waals surface area contributed by atoms with Crippen LogP contribution in [0.25, 0.3) is 0 Å². The number of benzene rings is 1.